The predicted octanol–water partition coefficient (Wildman–Crippen LogP) is 6.11. The van der Waals surface area contributed by atoms with Crippen LogP contribution in [0.3, 0.4) is 0 Å². The molecule has 1 aromatic heterocycles. The number of likely N-dealkylation sites (tertiary alicyclic amines) is 1. The van der Waals surface area contributed by atoms with Crippen LogP contribution >= 0.6 is 11.6 Å². The van der Waals surface area contributed by atoms with E-state index in [4.69, 9.17) is 16.3 Å². The van der Waals surface area contributed by atoms with Gasteiger partial charge in [-0.15, -0.1) is 0 Å². The van der Waals surface area contributed by atoms with E-state index in [1.54, 1.807) is 12.1 Å². The van der Waals surface area contributed by atoms with Gasteiger partial charge in [0.15, 0.2) is 0 Å². The molecule has 1 amide bonds. The highest BCUT2D eigenvalue weighted by Crippen LogP contribution is 2.53. The molecule has 2 aliphatic carbocycles. The van der Waals surface area contributed by atoms with Crippen LogP contribution in [0.25, 0.3) is 10.9 Å². The van der Waals surface area contributed by atoms with Gasteiger partial charge in [-0.25, -0.2) is 14.4 Å². The molecule has 5 aliphatic rings. The van der Waals surface area contributed by atoms with E-state index in [0.29, 0.717) is 52.4 Å². The number of nitrogens with zero attached hydrogens (tertiary/aromatic N) is 4. The Morgan fingerprint density at radius 1 is 1.12 bits per heavy atom. The molecule has 0 radical (unpaired) electrons. The average Bonchev–Trinajstić information content (AvgIpc) is 3.46. The lowest BCUT2D eigenvalue weighted by atomic mass is 9.80. The van der Waals surface area contributed by atoms with E-state index in [-0.39, 0.29) is 10.9 Å². The lowest BCUT2D eigenvalue weighted by molar-refractivity contribution is -0.111. The van der Waals surface area contributed by atoms with Crippen LogP contribution in [0, 0.1) is 29.5 Å². The van der Waals surface area contributed by atoms with E-state index in [0.717, 1.165) is 37.3 Å². The van der Waals surface area contributed by atoms with Crippen LogP contribution in [-0.2, 0) is 4.79 Å². The second kappa shape index (κ2) is 12.0. The van der Waals surface area contributed by atoms with E-state index in [1.807, 2.05) is 18.2 Å². The highest BCUT2D eigenvalue weighted by atomic mass is 35.5. The van der Waals surface area contributed by atoms with Gasteiger partial charge in [-0.2, -0.15) is 0 Å². The lowest BCUT2D eigenvalue weighted by Gasteiger charge is -2.45. The Labute approximate surface area is 256 Å². The number of halogens is 2. The summed E-state index contributed by atoms with van der Waals surface area (Å²) in [7, 11) is 2.18. The van der Waals surface area contributed by atoms with Gasteiger partial charge in [0.1, 0.15) is 23.7 Å². The summed E-state index contributed by atoms with van der Waals surface area (Å²) < 4.78 is 20.0. The third-order valence-electron chi connectivity index (χ3n) is 9.87. The van der Waals surface area contributed by atoms with Gasteiger partial charge in [-0.05, 0) is 87.1 Å². The minimum atomic E-state index is -0.491. The van der Waals surface area contributed by atoms with E-state index in [9.17, 15) is 9.18 Å². The van der Waals surface area contributed by atoms with E-state index in [2.05, 4.69) is 37.4 Å². The molecule has 10 heteroatoms. The monoisotopic (exact) mass is 604 g/mol. The third kappa shape index (κ3) is 6.21. The molecule has 5 fully saturated rings. The molecule has 2 N–H and O–H groups in total. The van der Waals surface area contributed by atoms with E-state index < -0.39 is 5.82 Å². The van der Waals surface area contributed by atoms with Gasteiger partial charge in [-0.3, -0.25) is 9.69 Å². The van der Waals surface area contributed by atoms with Crippen LogP contribution in [0.5, 0.6) is 5.75 Å². The summed E-state index contributed by atoms with van der Waals surface area (Å²) in [6, 6.07) is 8.75. The summed E-state index contributed by atoms with van der Waals surface area (Å²) in [4.78, 5) is 26.9. The number of nitrogens with one attached hydrogen (secondary N) is 2. The number of rotatable bonds is 10. The van der Waals surface area contributed by atoms with Gasteiger partial charge in [0.2, 0.25) is 5.91 Å². The Kier molecular flexibility index (Phi) is 7.97. The Balaban J connectivity index is 1.09. The summed E-state index contributed by atoms with van der Waals surface area (Å²) in [6.45, 7) is 4.84. The molecule has 2 bridgehead atoms. The first kappa shape index (κ1) is 28.5. The standard InChI is InChI=1S/C33H38ClFN6O2/c1-40-17-25-23(26(25)18-40)10-12-43-31-15-29-24(33(37-19-36-29)38-21-6-9-28(35)27(34)13-21)14-30(31)39-32(42)3-2-11-41-16-20-4-7-22(41)8-5-20/h2-3,6,9,13-15,19-20,22-23,25-26H,4-5,7-8,10-12,16-18H2,1H3,(H,39,42)(H,36,37,38)/t20?,22?,23?,25-,26+. The van der Waals surface area contributed by atoms with Crippen LogP contribution in [-0.4, -0.2) is 71.6 Å². The van der Waals surface area contributed by atoms with Crippen LogP contribution in [0.2, 0.25) is 5.02 Å². The zero-order valence-electron chi connectivity index (χ0n) is 24.4. The second-order valence-corrected chi connectivity index (χ2v) is 13.1. The first-order valence-electron chi connectivity index (χ1n) is 15.4. The van der Waals surface area contributed by atoms with Gasteiger partial charge in [0.05, 0.1) is 22.8 Å². The summed E-state index contributed by atoms with van der Waals surface area (Å²) in [6.07, 6.45) is 11.3. The molecule has 8 nitrogen and oxygen atoms in total. The molecule has 43 heavy (non-hydrogen) atoms. The van der Waals surface area contributed by atoms with Gasteiger partial charge >= 0.3 is 0 Å². The smallest absolute Gasteiger partial charge is 0.248 e. The van der Waals surface area contributed by atoms with Gasteiger partial charge < -0.3 is 20.3 Å². The number of anilines is 3. The molecule has 3 saturated heterocycles. The van der Waals surface area contributed by atoms with Crippen LogP contribution < -0.4 is 15.4 Å². The quantitative estimate of drug-likeness (QED) is 0.270. The summed E-state index contributed by atoms with van der Waals surface area (Å²) in [5, 5.41) is 6.97. The van der Waals surface area contributed by atoms with Crippen molar-refractivity contribution in [3.63, 3.8) is 0 Å². The molecular weight excluding hydrogens is 567 g/mol. The van der Waals surface area contributed by atoms with Crippen molar-refractivity contribution in [2.75, 3.05) is 50.5 Å². The minimum absolute atomic E-state index is 0.0163. The second-order valence-electron chi connectivity index (χ2n) is 12.7. The predicted molar refractivity (Wildman–Crippen MR) is 167 cm³/mol. The van der Waals surface area contributed by atoms with Crippen molar-refractivity contribution >= 4 is 45.6 Å². The maximum Gasteiger partial charge on any atom is 0.248 e. The summed E-state index contributed by atoms with van der Waals surface area (Å²) in [5.74, 6) is 3.48. The van der Waals surface area contributed by atoms with E-state index in [1.165, 1.54) is 57.2 Å². The zero-order valence-corrected chi connectivity index (χ0v) is 25.2. The maximum absolute atomic E-state index is 13.7. The molecule has 3 aromatic rings. The maximum atomic E-state index is 13.7. The first-order chi connectivity index (χ1) is 20.9. The number of ether oxygens (including phenoxy) is 1. The molecule has 226 valence electrons. The number of fused-ring (bicyclic) bond motifs is 5. The SMILES string of the molecule is CN1C[C@@H]2C(CCOc3cc4ncnc(Nc5ccc(F)c(Cl)c5)c4cc3NC(=O)C=CCN3CC4CCC3CC4)[C@@H]2C1. The minimum Gasteiger partial charge on any atom is -0.491 e. The molecule has 3 atom stereocenters. The van der Waals surface area contributed by atoms with Gasteiger partial charge in [0, 0.05) is 55.4 Å². The van der Waals surface area contributed by atoms with Crippen molar-refractivity contribution in [2.24, 2.45) is 23.7 Å². The van der Waals surface area contributed by atoms with Crippen molar-refractivity contribution in [1.82, 2.24) is 19.8 Å². The highest BCUT2D eigenvalue weighted by Gasteiger charge is 2.53. The topological polar surface area (TPSA) is 82.6 Å². The molecule has 3 aliphatic heterocycles. The highest BCUT2D eigenvalue weighted by molar-refractivity contribution is 6.31. The van der Waals surface area contributed by atoms with Crippen molar-refractivity contribution in [1.29, 1.82) is 0 Å². The first-order valence-corrected chi connectivity index (χ1v) is 15.8. The van der Waals surface area contributed by atoms with E-state index >= 15 is 0 Å². The molecular formula is C33H38ClFN6O2. The Morgan fingerprint density at radius 3 is 2.67 bits per heavy atom. The molecule has 4 heterocycles. The Morgan fingerprint density at radius 2 is 1.93 bits per heavy atom. The fourth-order valence-electron chi connectivity index (χ4n) is 7.57. The van der Waals surface area contributed by atoms with Crippen molar-refractivity contribution in [3.05, 3.63) is 59.7 Å². The Hall–Kier alpha value is -3.27. The number of hydrogen-bond donors (Lipinski definition) is 2. The normalized spacial score (nSPS) is 26.6. The number of hydrogen-bond acceptors (Lipinski definition) is 7. The number of carbonyl (C=O) groups excluding carboxylic acids is 1. The number of amides is 1. The van der Waals surface area contributed by atoms with Gasteiger partial charge in [0.25, 0.3) is 0 Å². The number of benzene rings is 2. The number of aromatic nitrogens is 2. The number of piperidine rings is 3. The van der Waals surface area contributed by atoms with Crippen LogP contribution in [0.15, 0.2) is 48.8 Å². The molecule has 8 rings (SSSR count). The van der Waals surface area contributed by atoms with Crippen molar-refractivity contribution in [2.45, 2.75) is 38.1 Å². The molecule has 2 aromatic carbocycles. The van der Waals surface area contributed by atoms with Crippen molar-refractivity contribution in [3.8, 4) is 5.75 Å². The third-order valence-corrected chi connectivity index (χ3v) is 10.2. The fourth-order valence-corrected chi connectivity index (χ4v) is 7.75. The summed E-state index contributed by atoms with van der Waals surface area (Å²) in [5.41, 5.74) is 1.82. The van der Waals surface area contributed by atoms with Crippen molar-refractivity contribution < 1.29 is 13.9 Å². The lowest BCUT2D eigenvalue weighted by Crippen LogP contribution is -2.47. The van der Waals surface area contributed by atoms with Crippen LogP contribution in [0.1, 0.15) is 32.1 Å². The summed E-state index contributed by atoms with van der Waals surface area (Å²) >= 11 is 6.00. The van der Waals surface area contributed by atoms with Gasteiger partial charge in [-0.1, -0.05) is 17.7 Å². The largest absolute Gasteiger partial charge is 0.491 e. The number of carbonyl (C=O) groups is 1. The fraction of sp³-hybridized carbons (Fsp3) is 0.485. The molecule has 0 spiro atoms. The average molecular weight is 605 g/mol. The van der Waals surface area contributed by atoms with Crippen LogP contribution in [0.4, 0.5) is 21.6 Å². The molecule has 2 saturated carbocycles. The molecule has 1 unspecified atom stereocenters. The Bertz CT molecular complexity index is 1530. The zero-order chi connectivity index (χ0) is 29.5.